The molecule has 0 atom stereocenters. The molecule has 29 heavy (non-hydrogen) atoms. The molecular formula is C23H20N4O2. The Bertz CT molecular complexity index is 1160. The van der Waals surface area contributed by atoms with Gasteiger partial charge in [0.25, 0.3) is 11.7 Å². The first-order valence-corrected chi connectivity index (χ1v) is 9.51. The van der Waals surface area contributed by atoms with Crippen LogP contribution in [0.5, 0.6) is 0 Å². The van der Waals surface area contributed by atoms with Crippen LogP contribution in [-0.2, 0) is 4.79 Å². The van der Waals surface area contributed by atoms with Crippen LogP contribution in [0.25, 0.3) is 21.6 Å². The first-order chi connectivity index (χ1) is 14.1. The average Bonchev–Trinajstić information content (AvgIpc) is 3.20. The summed E-state index contributed by atoms with van der Waals surface area (Å²) in [5.41, 5.74) is 4.46. The fraction of sp³-hybridized carbons (Fsp3) is 0.217. The van der Waals surface area contributed by atoms with E-state index in [9.17, 15) is 9.59 Å². The molecule has 1 fully saturated rings. The van der Waals surface area contributed by atoms with Gasteiger partial charge in [0.2, 0.25) is 0 Å². The van der Waals surface area contributed by atoms with Gasteiger partial charge >= 0.3 is 0 Å². The van der Waals surface area contributed by atoms with Gasteiger partial charge in [-0.15, -0.1) is 0 Å². The van der Waals surface area contributed by atoms with E-state index in [1.807, 2.05) is 43.3 Å². The Hall–Kier alpha value is -3.72. The number of pyridine rings is 1. The van der Waals surface area contributed by atoms with Gasteiger partial charge in [-0.1, -0.05) is 35.9 Å². The molecule has 3 heterocycles. The number of hydrogen-bond donors (Lipinski definition) is 1. The number of carbonyl (C=O) groups excluding carboxylic acids is 2. The Morgan fingerprint density at radius 1 is 1.14 bits per heavy atom. The van der Waals surface area contributed by atoms with Crippen LogP contribution in [0.2, 0.25) is 0 Å². The van der Waals surface area contributed by atoms with Crippen molar-refractivity contribution in [2.24, 2.45) is 0 Å². The first-order valence-electron chi connectivity index (χ1n) is 9.51. The van der Waals surface area contributed by atoms with Gasteiger partial charge in [-0.05, 0) is 37.0 Å². The van der Waals surface area contributed by atoms with Crippen molar-refractivity contribution >= 4 is 28.4 Å². The molecule has 1 aliphatic rings. The van der Waals surface area contributed by atoms with Crippen molar-refractivity contribution in [3.05, 3.63) is 82.5 Å². The van der Waals surface area contributed by atoms with Gasteiger partial charge in [-0.3, -0.25) is 9.59 Å². The summed E-state index contributed by atoms with van der Waals surface area (Å²) >= 11 is 0. The number of aromatic amines is 1. The van der Waals surface area contributed by atoms with E-state index in [4.69, 9.17) is 6.57 Å². The van der Waals surface area contributed by atoms with Gasteiger partial charge in [0.05, 0.1) is 12.1 Å². The number of benzene rings is 1. The third kappa shape index (κ3) is 3.43. The largest absolute Gasteiger partial charge is 0.345 e. The highest BCUT2D eigenvalue weighted by Crippen LogP contribution is 2.28. The molecule has 2 aromatic heterocycles. The molecular weight excluding hydrogens is 364 g/mol. The summed E-state index contributed by atoms with van der Waals surface area (Å²) in [6.45, 7) is 10.3. The van der Waals surface area contributed by atoms with E-state index in [2.05, 4.69) is 14.8 Å². The monoisotopic (exact) mass is 384 g/mol. The normalized spacial score (nSPS) is 13.9. The third-order valence-electron chi connectivity index (χ3n) is 5.37. The Kier molecular flexibility index (Phi) is 4.96. The SMILES string of the molecule is [C-]#[N+]C(=C1CCN(C(=O)C(=O)c2c[nH]c3nccc(C)c23)CC1)c1ccccc1. The number of ketones is 1. The molecule has 1 saturated heterocycles. The van der Waals surface area contributed by atoms with E-state index < -0.39 is 11.7 Å². The predicted molar refractivity (Wildman–Crippen MR) is 111 cm³/mol. The van der Waals surface area contributed by atoms with Crippen molar-refractivity contribution in [1.82, 2.24) is 14.9 Å². The summed E-state index contributed by atoms with van der Waals surface area (Å²) in [6, 6.07) is 11.4. The molecule has 6 nitrogen and oxygen atoms in total. The fourth-order valence-electron chi connectivity index (χ4n) is 3.82. The number of hydrogen-bond acceptors (Lipinski definition) is 3. The number of fused-ring (bicyclic) bond motifs is 1. The summed E-state index contributed by atoms with van der Waals surface area (Å²) in [4.78, 5) is 38.2. The number of nitrogens with one attached hydrogen (secondary N) is 1. The van der Waals surface area contributed by atoms with Gasteiger partial charge in [0.15, 0.2) is 5.70 Å². The van der Waals surface area contributed by atoms with E-state index in [-0.39, 0.29) is 0 Å². The van der Waals surface area contributed by atoms with Crippen LogP contribution in [0, 0.1) is 13.5 Å². The molecule has 1 N–H and O–H groups in total. The second-order valence-corrected chi connectivity index (χ2v) is 7.11. The number of rotatable bonds is 3. The lowest BCUT2D eigenvalue weighted by atomic mass is 9.97. The highest BCUT2D eigenvalue weighted by Gasteiger charge is 2.29. The zero-order valence-electron chi connectivity index (χ0n) is 16.1. The first kappa shape index (κ1) is 18.6. The van der Waals surface area contributed by atoms with Gasteiger partial charge in [-0.25, -0.2) is 9.83 Å². The molecule has 3 aromatic rings. The number of amides is 1. The van der Waals surface area contributed by atoms with Gasteiger partial charge in [-0.2, -0.15) is 0 Å². The molecule has 1 aromatic carbocycles. The number of H-pyrrole nitrogens is 1. The summed E-state index contributed by atoms with van der Waals surface area (Å²) in [5.74, 6) is -1.02. The number of aryl methyl sites for hydroxylation is 1. The second-order valence-electron chi connectivity index (χ2n) is 7.11. The van der Waals surface area contributed by atoms with Crippen molar-refractivity contribution in [2.45, 2.75) is 19.8 Å². The van der Waals surface area contributed by atoms with Gasteiger partial charge in [0, 0.05) is 30.9 Å². The van der Waals surface area contributed by atoms with E-state index in [0.717, 1.165) is 16.7 Å². The van der Waals surface area contributed by atoms with E-state index in [1.165, 1.54) is 0 Å². The molecule has 0 radical (unpaired) electrons. The average molecular weight is 384 g/mol. The van der Waals surface area contributed by atoms with Crippen LogP contribution >= 0.6 is 0 Å². The Balaban J connectivity index is 1.53. The Morgan fingerprint density at radius 2 is 1.86 bits per heavy atom. The number of likely N-dealkylation sites (tertiary alicyclic amines) is 1. The zero-order valence-corrected chi connectivity index (χ0v) is 16.1. The number of Topliss-reactive ketones (excluding diaryl/α,β-unsaturated/α-hetero) is 1. The molecule has 1 aliphatic heterocycles. The number of aromatic nitrogens is 2. The smallest absolute Gasteiger partial charge is 0.295 e. The summed E-state index contributed by atoms with van der Waals surface area (Å²) < 4.78 is 0. The molecule has 1 amide bonds. The van der Waals surface area contributed by atoms with Crippen molar-refractivity contribution in [2.75, 3.05) is 13.1 Å². The van der Waals surface area contributed by atoms with Crippen LogP contribution in [0.15, 0.2) is 54.4 Å². The predicted octanol–water partition coefficient (Wildman–Crippen LogP) is 4.01. The molecule has 0 spiro atoms. The molecule has 0 saturated carbocycles. The van der Waals surface area contributed by atoms with Crippen LogP contribution in [-0.4, -0.2) is 39.6 Å². The van der Waals surface area contributed by atoms with Crippen LogP contribution in [0.3, 0.4) is 0 Å². The summed E-state index contributed by atoms with van der Waals surface area (Å²) in [7, 11) is 0. The van der Waals surface area contributed by atoms with Crippen molar-refractivity contribution in [3.8, 4) is 0 Å². The lowest BCUT2D eigenvalue weighted by Gasteiger charge is -2.28. The van der Waals surface area contributed by atoms with Crippen molar-refractivity contribution in [3.63, 3.8) is 0 Å². The minimum atomic E-state index is -0.520. The van der Waals surface area contributed by atoms with Crippen molar-refractivity contribution < 1.29 is 9.59 Å². The molecule has 0 unspecified atom stereocenters. The number of piperidine rings is 1. The van der Waals surface area contributed by atoms with E-state index in [1.54, 1.807) is 17.3 Å². The molecule has 144 valence electrons. The highest BCUT2D eigenvalue weighted by molar-refractivity contribution is 6.44. The quantitative estimate of drug-likeness (QED) is 0.421. The number of nitrogens with zero attached hydrogens (tertiary/aromatic N) is 3. The topological polar surface area (TPSA) is 70.4 Å². The Morgan fingerprint density at radius 3 is 2.55 bits per heavy atom. The minimum absolute atomic E-state index is 0.364. The molecule has 6 heteroatoms. The highest BCUT2D eigenvalue weighted by atomic mass is 16.2. The lowest BCUT2D eigenvalue weighted by molar-refractivity contribution is -0.126. The second kappa shape index (κ2) is 7.72. The zero-order chi connectivity index (χ0) is 20.4. The summed E-state index contributed by atoms with van der Waals surface area (Å²) in [5, 5.41) is 0.697. The van der Waals surface area contributed by atoms with E-state index in [0.29, 0.717) is 48.2 Å². The molecule has 0 aliphatic carbocycles. The standard InChI is InChI=1S/C23H20N4O2/c1-15-8-11-25-22-19(15)18(14-26-22)21(28)23(29)27-12-9-17(10-13-27)20(24-2)16-6-4-3-5-7-16/h3-8,11,14H,9-10,12-13H2,1H3,(H,25,26). The maximum atomic E-state index is 12.9. The lowest BCUT2D eigenvalue weighted by Crippen LogP contribution is -2.40. The maximum absolute atomic E-state index is 12.9. The molecule has 4 rings (SSSR count). The fourth-order valence-corrected chi connectivity index (χ4v) is 3.82. The van der Waals surface area contributed by atoms with Crippen molar-refractivity contribution in [1.29, 1.82) is 0 Å². The number of carbonyl (C=O) groups is 2. The van der Waals surface area contributed by atoms with Crippen LogP contribution in [0.4, 0.5) is 0 Å². The van der Waals surface area contributed by atoms with Gasteiger partial charge < -0.3 is 9.88 Å². The maximum Gasteiger partial charge on any atom is 0.295 e. The summed E-state index contributed by atoms with van der Waals surface area (Å²) in [6.07, 6.45) is 4.43. The van der Waals surface area contributed by atoms with Crippen LogP contribution < -0.4 is 0 Å². The van der Waals surface area contributed by atoms with E-state index >= 15 is 0 Å². The molecule has 0 bridgehead atoms. The van der Waals surface area contributed by atoms with Gasteiger partial charge in [0.1, 0.15) is 5.65 Å². The minimum Gasteiger partial charge on any atom is -0.345 e. The Labute approximate surface area is 168 Å². The van der Waals surface area contributed by atoms with Crippen LogP contribution in [0.1, 0.15) is 34.3 Å². The third-order valence-corrected chi connectivity index (χ3v) is 5.37.